The van der Waals surface area contributed by atoms with Gasteiger partial charge in [-0.25, -0.2) is 8.42 Å². The van der Waals surface area contributed by atoms with E-state index >= 15 is 0 Å². The van der Waals surface area contributed by atoms with Gasteiger partial charge in [0.05, 0.1) is 7.11 Å². The minimum Gasteiger partial charge on any atom is -0.495 e. The third-order valence-corrected chi connectivity index (χ3v) is 7.77. The number of hydrogen-bond acceptors (Lipinski definition) is 8. The average molecular weight is 446 g/mol. The van der Waals surface area contributed by atoms with Gasteiger partial charge in [0.25, 0.3) is 0 Å². The fourth-order valence-electron chi connectivity index (χ4n) is 3.99. The Hall–Kier alpha value is -2.61. The molecule has 1 aromatic heterocycles. The SMILES string of the molecule is COc1ccc(-c2nc(C#N)c(N3CCN(C)CC3)o2)cc1S(=O)(=O)N1CCCCC1. The fraction of sp³-hybridized carbons (Fsp3) is 0.524. The summed E-state index contributed by atoms with van der Waals surface area (Å²) >= 11 is 0. The van der Waals surface area contributed by atoms with Gasteiger partial charge in [-0.15, -0.1) is 0 Å². The Morgan fingerprint density at radius 1 is 1.10 bits per heavy atom. The molecule has 1 aromatic carbocycles. The van der Waals surface area contributed by atoms with Crippen molar-refractivity contribution < 1.29 is 17.6 Å². The molecule has 9 nitrogen and oxygen atoms in total. The summed E-state index contributed by atoms with van der Waals surface area (Å²) in [6.45, 7) is 4.19. The highest BCUT2D eigenvalue weighted by Gasteiger charge is 2.30. The number of aromatic nitrogens is 1. The van der Waals surface area contributed by atoms with Gasteiger partial charge in [0.1, 0.15) is 16.7 Å². The van der Waals surface area contributed by atoms with E-state index in [2.05, 4.69) is 23.0 Å². The summed E-state index contributed by atoms with van der Waals surface area (Å²) < 4.78 is 39.4. The van der Waals surface area contributed by atoms with Crippen molar-refractivity contribution in [2.24, 2.45) is 0 Å². The second kappa shape index (κ2) is 8.86. The summed E-state index contributed by atoms with van der Waals surface area (Å²) in [5.41, 5.74) is 0.698. The number of ether oxygens (including phenoxy) is 1. The van der Waals surface area contributed by atoms with E-state index in [4.69, 9.17) is 9.15 Å². The number of benzene rings is 1. The second-order valence-electron chi connectivity index (χ2n) is 7.91. The van der Waals surface area contributed by atoms with Gasteiger partial charge < -0.3 is 19.0 Å². The van der Waals surface area contributed by atoms with Crippen molar-refractivity contribution in [3.05, 3.63) is 23.9 Å². The topological polar surface area (TPSA) is 103 Å². The van der Waals surface area contributed by atoms with Crippen LogP contribution in [0.1, 0.15) is 25.0 Å². The summed E-state index contributed by atoms with van der Waals surface area (Å²) in [7, 11) is -0.208. The van der Waals surface area contributed by atoms with E-state index in [1.54, 1.807) is 12.1 Å². The first kappa shape index (κ1) is 21.6. The Kier molecular flexibility index (Phi) is 6.18. The van der Waals surface area contributed by atoms with Crippen LogP contribution in [-0.4, -0.2) is 76.0 Å². The van der Waals surface area contributed by atoms with Crippen LogP contribution in [0.15, 0.2) is 27.5 Å². The number of rotatable bonds is 5. The van der Waals surface area contributed by atoms with Gasteiger partial charge in [-0.2, -0.15) is 14.6 Å². The van der Waals surface area contributed by atoms with Crippen molar-refractivity contribution in [1.82, 2.24) is 14.2 Å². The van der Waals surface area contributed by atoms with Crippen molar-refractivity contribution >= 4 is 15.9 Å². The maximum Gasteiger partial charge on any atom is 0.246 e. The number of oxazole rings is 1. The zero-order valence-corrected chi connectivity index (χ0v) is 18.7. The summed E-state index contributed by atoms with van der Waals surface area (Å²) in [5.74, 6) is 0.936. The molecule has 0 unspecified atom stereocenters. The van der Waals surface area contributed by atoms with E-state index < -0.39 is 10.0 Å². The number of piperidine rings is 1. The van der Waals surface area contributed by atoms with Crippen LogP contribution >= 0.6 is 0 Å². The predicted octanol–water partition coefficient (Wildman–Crippen LogP) is 2.15. The fourth-order valence-corrected chi connectivity index (χ4v) is 5.69. The van der Waals surface area contributed by atoms with Gasteiger partial charge in [-0.1, -0.05) is 6.42 Å². The van der Waals surface area contributed by atoms with Crippen LogP contribution in [0.2, 0.25) is 0 Å². The molecule has 2 fully saturated rings. The predicted molar refractivity (Wildman–Crippen MR) is 116 cm³/mol. The van der Waals surface area contributed by atoms with Gasteiger partial charge in [0.2, 0.25) is 27.5 Å². The average Bonchev–Trinajstić information content (AvgIpc) is 3.24. The maximum atomic E-state index is 13.3. The molecule has 2 aromatic rings. The van der Waals surface area contributed by atoms with E-state index in [0.717, 1.165) is 45.4 Å². The van der Waals surface area contributed by atoms with Crippen LogP contribution in [0.25, 0.3) is 11.5 Å². The highest BCUT2D eigenvalue weighted by Crippen LogP contribution is 2.35. The monoisotopic (exact) mass is 445 g/mol. The van der Waals surface area contributed by atoms with E-state index in [9.17, 15) is 13.7 Å². The molecule has 0 bridgehead atoms. The molecule has 2 aliphatic heterocycles. The third kappa shape index (κ3) is 4.26. The van der Waals surface area contributed by atoms with E-state index in [1.165, 1.54) is 17.5 Å². The Balaban J connectivity index is 1.71. The van der Waals surface area contributed by atoms with E-state index in [1.807, 2.05) is 4.90 Å². The molecule has 2 aliphatic rings. The number of sulfonamides is 1. The molecule has 0 radical (unpaired) electrons. The Labute approximate surface area is 182 Å². The van der Waals surface area contributed by atoms with Crippen molar-refractivity contribution in [2.75, 3.05) is 58.3 Å². The zero-order chi connectivity index (χ0) is 22.0. The number of nitrogens with zero attached hydrogens (tertiary/aromatic N) is 5. The molecule has 0 atom stereocenters. The van der Waals surface area contributed by atoms with Gasteiger partial charge in [0, 0.05) is 44.8 Å². The number of methoxy groups -OCH3 is 1. The first-order valence-electron chi connectivity index (χ1n) is 10.5. The smallest absolute Gasteiger partial charge is 0.246 e. The molecule has 3 heterocycles. The summed E-state index contributed by atoms with van der Waals surface area (Å²) in [6, 6.07) is 6.95. The molecule has 0 N–H and O–H groups in total. The summed E-state index contributed by atoms with van der Waals surface area (Å²) in [5, 5.41) is 9.57. The van der Waals surface area contributed by atoms with Crippen LogP contribution in [0, 0.1) is 11.3 Å². The molecular formula is C21H27N5O4S. The van der Waals surface area contributed by atoms with Crippen LogP contribution in [-0.2, 0) is 10.0 Å². The molecule has 4 rings (SSSR count). The van der Waals surface area contributed by atoms with Crippen molar-refractivity contribution in [2.45, 2.75) is 24.2 Å². The van der Waals surface area contributed by atoms with Gasteiger partial charge in [-0.3, -0.25) is 0 Å². The summed E-state index contributed by atoms with van der Waals surface area (Å²) in [6.07, 6.45) is 2.73. The lowest BCUT2D eigenvalue weighted by Gasteiger charge is -2.31. The standard InChI is InChI=1S/C21H27N5O4S/c1-24-10-12-25(13-11-24)21-17(15-22)23-20(30-21)16-6-7-18(29-2)19(14-16)31(27,28)26-8-4-3-5-9-26/h6-7,14H,3-5,8-13H2,1-2H3. The van der Waals surface area contributed by atoms with Gasteiger partial charge in [0.15, 0.2) is 0 Å². The van der Waals surface area contributed by atoms with Crippen LogP contribution < -0.4 is 9.64 Å². The maximum absolute atomic E-state index is 13.3. The normalized spacial score (nSPS) is 18.7. The molecule has 0 aliphatic carbocycles. The van der Waals surface area contributed by atoms with Crippen molar-refractivity contribution in [3.8, 4) is 23.3 Å². The van der Waals surface area contributed by atoms with E-state index in [-0.39, 0.29) is 22.2 Å². The first-order chi connectivity index (χ1) is 14.9. The van der Waals surface area contributed by atoms with Crippen molar-refractivity contribution in [1.29, 1.82) is 5.26 Å². The van der Waals surface area contributed by atoms with E-state index in [0.29, 0.717) is 24.5 Å². The van der Waals surface area contributed by atoms with Crippen LogP contribution in [0.3, 0.4) is 0 Å². The highest BCUT2D eigenvalue weighted by molar-refractivity contribution is 7.89. The molecule has 31 heavy (non-hydrogen) atoms. The van der Waals surface area contributed by atoms with Crippen LogP contribution in [0.4, 0.5) is 5.88 Å². The molecule has 2 saturated heterocycles. The molecular weight excluding hydrogens is 418 g/mol. The number of anilines is 1. The number of nitriles is 1. The Morgan fingerprint density at radius 2 is 1.81 bits per heavy atom. The Bertz CT molecular complexity index is 1080. The zero-order valence-electron chi connectivity index (χ0n) is 17.9. The van der Waals surface area contributed by atoms with Crippen LogP contribution in [0.5, 0.6) is 5.75 Å². The lowest BCUT2D eigenvalue weighted by atomic mass is 10.2. The molecule has 166 valence electrons. The highest BCUT2D eigenvalue weighted by atomic mass is 32.2. The molecule has 0 amide bonds. The minimum atomic E-state index is -3.71. The van der Waals surface area contributed by atoms with Gasteiger partial charge in [-0.05, 0) is 38.1 Å². The Morgan fingerprint density at radius 3 is 2.45 bits per heavy atom. The third-order valence-electron chi connectivity index (χ3n) is 5.85. The number of hydrogen-bond donors (Lipinski definition) is 0. The van der Waals surface area contributed by atoms with Gasteiger partial charge >= 0.3 is 0 Å². The molecule has 0 spiro atoms. The lowest BCUT2D eigenvalue weighted by Crippen LogP contribution is -2.44. The summed E-state index contributed by atoms with van der Waals surface area (Å²) in [4.78, 5) is 8.66. The quantitative estimate of drug-likeness (QED) is 0.690. The minimum absolute atomic E-state index is 0.0901. The largest absolute Gasteiger partial charge is 0.495 e. The second-order valence-corrected chi connectivity index (χ2v) is 9.81. The first-order valence-corrected chi connectivity index (χ1v) is 11.9. The number of piperazine rings is 1. The molecule has 10 heteroatoms. The molecule has 0 saturated carbocycles. The van der Waals surface area contributed by atoms with Crippen molar-refractivity contribution in [3.63, 3.8) is 0 Å². The lowest BCUT2D eigenvalue weighted by molar-refractivity contribution is 0.306. The number of likely N-dealkylation sites (N-methyl/N-ethyl adjacent to an activating group) is 1.